The zero-order valence-electron chi connectivity index (χ0n) is 14.3. The van der Waals surface area contributed by atoms with Crippen LogP contribution in [0.5, 0.6) is 0 Å². The molecule has 6 heteroatoms. The number of aromatic nitrogens is 1. The molecule has 1 heterocycles. The van der Waals surface area contributed by atoms with Crippen LogP contribution in [-0.4, -0.2) is 34.4 Å². The Morgan fingerprint density at radius 1 is 1.18 bits per heavy atom. The molecule has 0 bridgehead atoms. The highest BCUT2D eigenvalue weighted by Crippen LogP contribution is 2.19. The Morgan fingerprint density at radius 2 is 1.73 bits per heavy atom. The molecule has 22 heavy (non-hydrogen) atoms. The molecule has 0 fully saturated rings. The van der Waals surface area contributed by atoms with E-state index in [9.17, 15) is 10.2 Å². The Morgan fingerprint density at radius 3 is 2.14 bits per heavy atom. The van der Waals surface area contributed by atoms with E-state index < -0.39 is 12.3 Å². The van der Waals surface area contributed by atoms with Crippen LogP contribution in [0.15, 0.2) is 5.51 Å². The third-order valence-electron chi connectivity index (χ3n) is 3.85. The van der Waals surface area contributed by atoms with Crippen molar-refractivity contribution in [3.8, 4) is 0 Å². The topological polar surface area (TPSA) is 47.6 Å². The van der Waals surface area contributed by atoms with Crippen LogP contribution in [0.2, 0.25) is 0 Å². The minimum Gasteiger partial charge on any atom is -1.00 e. The minimum absolute atomic E-state index is 0. The molecule has 0 spiro atoms. The lowest BCUT2D eigenvalue weighted by Crippen LogP contribution is -3.00. The second-order valence-corrected chi connectivity index (χ2v) is 6.61. The SMILES string of the molecule is CCCCN(CCCC)C(O)C[n+]1csc(C(C)O)c1C.[Br-]. The maximum atomic E-state index is 10.5. The molecule has 2 N–H and O–H groups in total. The quantitative estimate of drug-likeness (QED) is 0.420. The molecule has 2 unspecified atom stereocenters. The second-order valence-electron chi connectivity index (χ2n) is 5.72. The maximum Gasteiger partial charge on any atom is 0.225 e. The van der Waals surface area contributed by atoms with E-state index in [0.29, 0.717) is 6.54 Å². The lowest BCUT2D eigenvalue weighted by molar-refractivity contribution is -0.708. The molecule has 0 aromatic carbocycles. The smallest absolute Gasteiger partial charge is 0.225 e. The number of unbranched alkanes of at least 4 members (excludes halogenated alkanes) is 2. The number of nitrogens with zero attached hydrogens (tertiary/aromatic N) is 2. The molecule has 0 saturated carbocycles. The first-order chi connectivity index (χ1) is 10.0. The van der Waals surface area contributed by atoms with Gasteiger partial charge in [-0.25, -0.2) is 0 Å². The largest absolute Gasteiger partial charge is 1.00 e. The molecule has 4 nitrogen and oxygen atoms in total. The fourth-order valence-electron chi connectivity index (χ4n) is 2.43. The third-order valence-corrected chi connectivity index (χ3v) is 5.10. The Kier molecular flexibility index (Phi) is 11.5. The van der Waals surface area contributed by atoms with Gasteiger partial charge >= 0.3 is 0 Å². The lowest BCUT2D eigenvalue weighted by Gasteiger charge is -2.25. The summed E-state index contributed by atoms with van der Waals surface area (Å²) < 4.78 is 2.06. The molecule has 0 saturated heterocycles. The van der Waals surface area contributed by atoms with E-state index in [0.717, 1.165) is 49.3 Å². The van der Waals surface area contributed by atoms with E-state index >= 15 is 0 Å². The number of halogens is 1. The van der Waals surface area contributed by atoms with Crippen molar-refractivity contribution in [3.63, 3.8) is 0 Å². The van der Waals surface area contributed by atoms with Gasteiger partial charge in [-0.15, -0.1) is 0 Å². The highest BCUT2D eigenvalue weighted by Gasteiger charge is 2.24. The molecule has 0 amide bonds. The first kappa shape index (κ1) is 22.0. The van der Waals surface area contributed by atoms with Gasteiger partial charge in [0.2, 0.25) is 5.51 Å². The van der Waals surface area contributed by atoms with Gasteiger partial charge in [-0.05, 0) is 19.8 Å². The molecule has 1 aromatic rings. The normalized spacial score (nSPS) is 14.0. The van der Waals surface area contributed by atoms with E-state index in [-0.39, 0.29) is 17.0 Å². The first-order valence-electron chi connectivity index (χ1n) is 8.08. The van der Waals surface area contributed by atoms with Gasteiger partial charge < -0.3 is 27.2 Å². The van der Waals surface area contributed by atoms with E-state index in [1.54, 1.807) is 18.3 Å². The van der Waals surface area contributed by atoms with Gasteiger partial charge in [-0.2, -0.15) is 4.57 Å². The second kappa shape index (κ2) is 11.5. The minimum atomic E-state index is -0.455. The number of hydrogen-bond donors (Lipinski definition) is 2. The van der Waals surface area contributed by atoms with Crippen LogP contribution in [0.3, 0.4) is 0 Å². The summed E-state index contributed by atoms with van der Waals surface area (Å²) in [6, 6.07) is 0. The van der Waals surface area contributed by atoms with Crippen molar-refractivity contribution in [2.75, 3.05) is 13.1 Å². The number of thiazole rings is 1. The zero-order chi connectivity index (χ0) is 15.8. The van der Waals surface area contributed by atoms with Crippen molar-refractivity contribution in [3.05, 3.63) is 16.1 Å². The fourth-order valence-corrected chi connectivity index (χ4v) is 3.40. The summed E-state index contributed by atoms with van der Waals surface area (Å²) in [4.78, 5) is 3.16. The average Bonchev–Trinajstić information content (AvgIpc) is 2.80. The van der Waals surface area contributed by atoms with Gasteiger partial charge in [0, 0.05) is 20.0 Å². The predicted molar refractivity (Wildman–Crippen MR) is 87.3 cm³/mol. The molecule has 0 radical (unpaired) electrons. The van der Waals surface area contributed by atoms with Crippen molar-refractivity contribution >= 4 is 11.3 Å². The van der Waals surface area contributed by atoms with Crippen LogP contribution in [-0.2, 0) is 6.54 Å². The lowest BCUT2D eigenvalue weighted by atomic mass is 10.2. The molecule has 1 aromatic heterocycles. The number of rotatable bonds is 10. The molecule has 1 rings (SSSR count). The van der Waals surface area contributed by atoms with Crippen molar-refractivity contribution < 1.29 is 31.8 Å². The van der Waals surface area contributed by atoms with Crippen LogP contribution in [0.1, 0.15) is 63.1 Å². The van der Waals surface area contributed by atoms with E-state index in [1.807, 2.05) is 12.4 Å². The molecule has 0 aliphatic carbocycles. The van der Waals surface area contributed by atoms with Crippen LogP contribution in [0.4, 0.5) is 0 Å². The van der Waals surface area contributed by atoms with Crippen molar-refractivity contribution in [1.82, 2.24) is 4.90 Å². The Balaban J connectivity index is 0.00000441. The summed E-state index contributed by atoms with van der Waals surface area (Å²) in [6.07, 6.45) is 3.63. The van der Waals surface area contributed by atoms with E-state index in [2.05, 4.69) is 23.3 Å². The maximum absolute atomic E-state index is 10.5. The first-order valence-corrected chi connectivity index (χ1v) is 8.96. The molecule has 130 valence electrons. The number of aliphatic hydroxyl groups is 2. The summed E-state index contributed by atoms with van der Waals surface area (Å²) in [5.41, 5.74) is 3.05. The van der Waals surface area contributed by atoms with E-state index in [4.69, 9.17) is 0 Å². The molecule has 2 atom stereocenters. The zero-order valence-corrected chi connectivity index (χ0v) is 16.7. The Labute approximate surface area is 149 Å². The standard InChI is InChI=1S/C16H31N2O2S.BrH/c1-5-7-9-17(10-8-6-2)15(20)11-18-12-21-16(13(18)3)14(4)19;/h12,14-15,19-20H,5-11H2,1-4H3;1H/q+1;/p-1. The van der Waals surface area contributed by atoms with Gasteiger partial charge in [-0.3, -0.25) is 4.90 Å². The van der Waals surface area contributed by atoms with Gasteiger partial charge in [-0.1, -0.05) is 38.0 Å². The van der Waals surface area contributed by atoms with E-state index in [1.165, 1.54) is 0 Å². The summed E-state index contributed by atoms with van der Waals surface area (Å²) in [5, 5.41) is 20.3. The Bertz CT molecular complexity index is 405. The molecule has 0 aliphatic heterocycles. The van der Waals surface area contributed by atoms with Gasteiger partial charge in [0.05, 0.1) is 6.10 Å². The van der Waals surface area contributed by atoms with Crippen molar-refractivity contribution in [2.24, 2.45) is 0 Å². The molecule has 0 aliphatic rings. The number of hydrogen-bond acceptors (Lipinski definition) is 4. The predicted octanol–water partition coefficient (Wildman–Crippen LogP) is -0.378. The van der Waals surface area contributed by atoms with Gasteiger partial charge in [0.15, 0.2) is 18.5 Å². The summed E-state index contributed by atoms with van der Waals surface area (Å²) in [5.74, 6) is 0. The van der Waals surface area contributed by atoms with Crippen LogP contribution >= 0.6 is 11.3 Å². The monoisotopic (exact) mass is 394 g/mol. The molecular formula is C16H31BrN2O2S. The third kappa shape index (κ3) is 6.62. The van der Waals surface area contributed by atoms with Crippen LogP contribution < -0.4 is 21.5 Å². The van der Waals surface area contributed by atoms with Crippen LogP contribution in [0.25, 0.3) is 0 Å². The highest BCUT2D eigenvalue weighted by atomic mass is 79.9. The summed E-state index contributed by atoms with van der Waals surface area (Å²) in [6.45, 7) is 10.6. The molecular weight excluding hydrogens is 364 g/mol. The average molecular weight is 395 g/mol. The Hall–Kier alpha value is -0.0100. The van der Waals surface area contributed by atoms with Gasteiger partial charge in [0.25, 0.3) is 0 Å². The summed E-state index contributed by atoms with van der Waals surface area (Å²) >= 11 is 1.56. The van der Waals surface area contributed by atoms with Crippen molar-refractivity contribution in [1.29, 1.82) is 0 Å². The fraction of sp³-hybridized carbons (Fsp3) is 0.812. The highest BCUT2D eigenvalue weighted by molar-refractivity contribution is 7.09. The van der Waals surface area contributed by atoms with Gasteiger partial charge in [0.1, 0.15) is 4.88 Å². The van der Waals surface area contributed by atoms with Crippen molar-refractivity contribution in [2.45, 2.75) is 72.3 Å². The van der Waals surface area contributed by atoms with Crippen LogP contribution in [0, 0.1) is 6.92 Å². The number of aliphatic hydroxyl groups excluding tert-OH is 2. The summed E-state index contributed by atoms with van der Waals surface area (Å²) in [7, 11) is 0.